The summed E-state index contributed by atoms with van der Waals surface area (Å²) in [4.78, 5) is 21.8. The summed E-state index contributed by atoms with van der Waals surface area (Å²) in [5.74, 6) is -0.233. The Bertz CT molecular complexity index is 1530. The normalized spacial score (nSPS) is 18.9. The van der Waals surface area contributed by atoms with E-state index in [0.717, 1.165) is 34.0 Å². The quantitative estimate of drug-likeness (QED) is 0.402. The van der Waals surface area contributed by atoms with E-state index in [1.165, 1.54) is 0 Å². The van der Waals surface area contributed by atoms with Gasteiger partial charge in [0, 0.05) is 34.5 Å². The molecule has 3 aromatic heterocycles. The van der Waals surface area contributed by atoms with Crippen molar-refractivity contribution in [2.75, 3.05) is 12.0 Å². The van der Waals surface area contributed by atoms with E-state index < -0.39 is 15.9 Å². The van der Waals surface area contributed by atoms with Gasteiger partial charge in [-0.2, -0.15) is 9.61 Å². The molecule has 1 aromatic carbocycles. The zero-order chi connectivity index (χ0) is 24.0. The predicted molar refractivity (Wildman–Crippen MR) is 134 cm³/mol. The molecule has 11 heteroatoms. The van der Waals surface area contributed by atoms with Gasteiger partial charge in [-0.05, 0) is 53.7 Å². The van der Waals surface area contributed by atoms with Gasteiger partial charge < -0.3 is 5.73 Å². The topological polar surface area (TPSA) is 132 Å². The number of anilines is 1. The standard InChI is InChI=1S/C23H23BrN6O3S/c1-34(32,33)29-23(31)14-8-6-13(7-9-14)20-19(24)21(25)30-22(28-20)17(12-27-30)16-10-15-4-2-3-5-18(15)26-11-16/h2-5,10-14H,6-9,25H2,1H3,(H,29,31)/t13-,14-. The molecule has 1 aliphatic carbocycles. The van der Waals surface area contributed by atoms with Gasteiger partial charge >= 0.3 is 0 Å². The number of pyridine rings is 1. The van der Waals surface area contributed by atoms with Crippen molar-refractivity contribution in [3.05, 3.63) is 52.9 Å². The number of carbonyl (C=O) groups is 1. The summed E-state index contributed by atoms with van der Waals surface area (Å²) < 4.78 is 27.2. The third-order valence-corrected chi connectivity index (χ3v) is 7.70. The third-order valence-electron chi connectivity index (χ3n) is 6.32. The van der Waals surface area contributed by atoms with Gasteiger partial charge in [0.25, 0.3) is 0 Å². The molecular formula is C23H23BrN6O3S. The van der Waals surface area contributed by atoms with Gasteiger partial charge in [0.15, 0.2) is 5.65 Å². The van der Waals surface area contributed by atoms with Gasteiger partial charge in [-0.25, -0.2) is 13.4 Å². The number of fused-ring (bicyclic) bond motifs is 2. The molecule has 0 saturated heterocycles. The van der Waals surface area contributed by atoms with Crippen molar-refractivity contribution in [2.45, 2.75) is 31.6 Å². The SMILES string of the molecule is CS(=O)(=O)NC(=O)[C@H]1CC[C@H](c2nc3c(-c4cnc5ccccc5c4)cnn3c(N)c2Br)CC1. The van der Waals surface area contributed by atoms with E-state index in [4.69, 9.17) is 10.7 Å². The first kappa shape index (κ1) is 22.7. The number of nitrogens with two attached hydrogens (primary N) is 1. The number of rotatable bonds is 4. The van der Waals surface area contributed by atoms with Crippen LogP contribution in [0.4, 0.5) is 5.82 Å². The third kappa shape index (κ3) is 4.25. The van der Waals surface area contributed by atoms with Gasteiger partial charge in [0.2, 0.25) is 15.9 Å². The molecule has 4 aromatic rings. The molecule has 0 atom stereocenters. The lowest BCUT2D eigenvalue weighted by atomic mass is 9.80. The lowest BCUT2D eigenvalue weighted by Gasteiger charge is -2.28. The second-order valence-corrected chi connectivity index (χ2v) is 11.2. The van der Waals surface area contributed by atoms with Gasteiger partial charge in [-0.15, -0.1) is 0 Å². The Hall–Kier alpha value is -3.05. The molecule has 3 N–H and O–H groups in total. The first-order valence-corrected chi connectivity index (χ1v) is 13.6. The van der Waals surface area contributed by atoms with Crippen LogP contribution in [0.2, 0.25) is 0 Å². The second kappa shape index (κ2) is 8.62. The minimum atomic E-state index is -3.56. The molecule has 1 aliphatic rings. The number of halogens is 1. The van der Waals surface area contributed by atoms with Crippen LogP contribution in [-0.4, -0.2) is 40.2 Å². The van der Waals surface area contributed by atoms with Crippen molar-refractivity contribution in [3.8, 4) is 11.1 Å². The van der Waals surface area contributed by atoms with Crippen molar-refractivity contribution in [1.29, 1.82) is 0 Å². The number of nitrogen functional groups attached to an aromatic ring is 1. The number of nitrogens with one attached hydrogen (secondary N) is 1. The van der Waals surface area contributed by atoms with E-state index in [0.29, 0.717) is 41.6 Å². The van der Waals surface area contributed by atoms with Crippen LogP contribution in [0.15, 0.2) is 47.2 Å². The fourth-order valence-corrected chi connectivity index (χ4v) is 5.71. The second-order valence-electron chi connectivity index (χ2n) is 8.69. The molecule has 176 valence electrons. The van der Waals surface area contributed by atoms with Crippen LogP contribution in [0.5, 0.6) is 0 Å². The molecule has 5 rings (SSSR count). The maximum Gasteiger partial charge on any atom is 0.236 e. The highest BCUT2D eigenvalue weighted by molar-refractivity contribution is 9.10. The number of nitrogens with zero attached hydrogens (tertiary/aromatic N) is 4. The number of benzene rings is 1. The summed E-state index contributed by atoms with van der Waals surface area (Å²) in [6.45, 7) is 0. The Morgan fingerprint density at radius 2 is 1.91 bits per heavy atom. The van der Waals surface area contributed by atoms with E-state index in [1.807, 2.05) is 30.5 Å². The molecule has 1 saturated carbocycles. The minimum absolute atomic E-state index is 0.0847. The molecule has 0 spiro atoms. The Morgan fingerprint density at radius 1 is 1.18 bits per heavy atom. The molecular weight excluding hydrogens is 520 g/mol. The Morgan fingerprint density at radius 3 is 2.65 bits per heavy atom. The number of para-hydroxylation sites is 1. The number of carbonyl (C=O) groups excluding carboxylic acids is 1. The molecule has 1 fully saturated rings. The van der Waals surface area contributed by atoms with E-state index in [-0.39, 0.29) is 11.8 Å². The Balaban J connectivity index is 1.47. The number of amides is 1. The highest BCUT2D eigenvalue weighted by Crippen LogP contribution is 2.40. The molecule has 3 heterocycles. The highest BCUT2D eigenvalue weighted by Gasteiger charge is 2.31. The minimum Gasteiger partial charge on any atom is -0.383 e. The first-order valence-electron chi connectivity index (χ1n) is 10.9. The average Bonchev–Trinajstić information content (AvgIpc) is 3.24. The van der Waals surface area contributed by atoms with E-state index in [2.05, 4.69) is 36.8 Å². The average molecular weight is 543 g/mol. The van der Waals surface area contributed by atoms with Crippen LogP contribution in [0, 0.1) is 5.92 Å². The van der Waals surface area contributed by atoms with Crippen molar-refractivity contribution in [3.63, 3.8) is 0 Å². The molecule has 0 radical (unpaired) electrons. The number of sulfonamides is 1. The zero-order valence-corrected chi connectivity index (χ0v) is 20.8. The van der Waals surface area contributed by atoms with Crippen molar-refractivity contribution >= 4 is 54.2 Å². The maximum absolute atomic E-state index is 12.3. The van der Waals surface area contributed by atoms with Crippen LogP contribution < -0.4 is 10.5 Å². The molecule has 0 aliphatic heterocycles. The number of hydrogen-bond donors (Lipinski definition) is 2. The Kier molecular flexibility index (Phi) is 5.76. The maximum atomic E-state index is 12.3. The zero-order valence-electron chi connectivity index (χ0n) is 18.4. The van der Waals surface area contributed by atoms with E-state index in [9.17, 15) is 13.2 Å². The Labute approximate surface area is 205 Å². The van der Waals surface area contributed by atoms with Crippen molar-refractivity contribution < 1.29 is 13.2 Å². The van der Waals surface area contributed by atoms with E-state index >= 15 is 0 Å². The van der Waals surface area contributed by atoms with Crippen LogP contribution >= 0.6 is 15.9 Å². The van der Waals surface area contributed by atoms with E-state index in [1.54, 1.807) is 10.7 Å². The molecule has 9 nitrogen and oxygen atoms in total. The van der Waals surface area contributed by atoms with Crippen molar-refractivity contribution in [1.82, 2.24) is 24.3 Å². The smallest absolute Gasteiger partial charge is 0.236 e. The number of hydrogen-bond acceptors (Lipinski definition) is 7. The van der Waals surface area contributed by atoms with Crippen LogP contribution in [0.3, 0.4) is 0 Å². The summed E-state index contributed by atoms with van der Waals surface area (Å²) in [6.07, 6.45) is 7.09. The van der Waals surface area contributed by atoms with Crippen LogP contribution in [-0.2, 0) is 14.8 Å². The summed E-state index contributed by atoms with van der Waals surface area (Å²) in [7, 11) is -3.56. The lowest BCUT2D eigenvalue weighted by molar-refractivity contribution is -0.124. The molecule has 1 amide bonds. The largest absolute Gasteiger partial charge is 0.383 e. The highest BCUT2D eigenvalue weighted by atomic mass is 79.9. The molecule has 0 bridgehead atoms. The molecule has 34 heavy (non-hydrogen) atoms. The summed E-state index contributed by atoms with van der Waals surface area (Å²) in [6, 6.07) is 9.97. The van der Waals surface area contributed by atoms with Gasteiger partial charge in [0.05, 0.1) is 28.1 Å². The fraction of sp³-hybridized carbons (Fsp3) is 0.304. The molecule has 0 unspecified atom stereocenters. The summed E-state index contributed by atoms with van der Waals surface area (Å²) in [5, 5.41) is 5.48. The van der Waals surface area contributed by atoms with Crippen LogP contribution in [0.25, 0.3) is 27.7 Å². The summed E-state index contributed by atoms with van der Waals surface area (Å²) >= 11 is 3.60. The number of aromatic nitrogens is 4. The summed E-state index contributed by atoms with van der Waals surface area (Å²) in [5.41, 5.74) is 10.5. The van der Waals surface area contributed by atoms with Crippen molar-refractivity contribution in [2.24, 2.45) is 5.92 Å². The first-order chi connectivity index (χ1) is 16.2. The van der Waals surface area contributed by atoms with Gasteiger partial charge in [0.1, 0.15) is 5.82 Å². The van der Waals surface area contributed by atoms with Crippen LogP contribution in [0.1, 0.15) is 37.3 Å². The van der Waals surface area contributed by atoms with Gasteiger partial charge in [-0.1, -0.05) is 18.2 Å². The predicted octanol–water partition coefficient (Wildman–Crippen LogP) is 3.64. The lowest BCUT2D eigenvalue weighted by Crippen LogP contribution is -2.36. The fourth-order valence-electron chi connectivity index (χ4n) is 4.60. The van der Waals surface area contributed by atoms with Gasteiger partial charge in [-0.3, -0.25) is 14.5 Å². The monoisotopic (exact) mass is 542 g/mol.